The molecule has 2 rings (SSSR count). The summed E-state index contributed by atoms with van der Waals surface area (Å²) in [6, 6.07) is 12.2. The quantitative estimate of drug-likeness (QED) is 0.857. The van der Waals surface area contributed by atoms with Crippen molar-refractivity contribution in [2.45, 2.75) is 38.8 Å². The molecule has 0 radical (unpaired) electrons. The lowest BCUT2D eigenvalue weighted by Crippen LogP contribution is -2.54. The van der Waals surface area contributed by atoms with Crippen molar-refractivity contribution in [3.05, 3.63) is 35.9 Å². The van der Waals surface area contributed by atoms with E-state index in [2.05, 4.69) is 54.4 Å². The zero-order chi connectivity index (χ0) is 12.1. The minimum Gasteiger partial charge on any atom is -0.314 e. The zero-order valence-electron chi connectivity index (χ0n) is 11.0. The van der Waals surface area contributed by atoms with Crippen molar-refractivity contribution in [3.63, 3.8) is 0 Å². The highest BCUT2D eigenvalue weighted by Gasteiger charge is 2.24. The van der Waals surface area contributed by atoms with Gasteiger partial charge in [-0.2, -0.15) is 0 Å². The minimum absolute atomic E-state index is 0.643. The van der Waals surface area contributed by atoms with Crippen LogP contribution in [0.15, 0.2) is 30.3 Å². The molecule has 2 nitrogen and oxygen atoms in total. The van der Waals surface area contributed by atoms with Crippen LogP contribution < -0.4 is 5.32 Å². The number of benzene rings is 1. The van der Waals surface area contributed by atoms with Crippen LogP contribution in [-0.4, -0.2) is 36.6 Å². The van der Waals surface area contributed by atoms with E-state index in [0.29, 0.717) is 12.1 Å². The van der Waals surface area contributed by atoms with Crippen molar-refractivity contribution < 1.29 is 0 Å². The molecule has 1 aromatic carbocycles. The Balaban J connectivity index is 1.96. The summed E-state index contributed by atoms with van der Waals surface area (Å²) in [5.41, 5.74) is 1.45. The third-order valence-electron chi connectivity index (χ3n) is 3.81. The smallest absolute Gasteiger partial charge is 0.0221 e. The van der Waals surface area contributed by atoms with E-state index in [1.165, 1.54) is 18.5 Å². The molecule has 0 spiro atoms. The van der Waals surface area contributed by atoms with Crippen LogP contribution in [0.4, 0.5) is 0 Å². The predicted molar refractivity (Wildman–Crippen MR) is 73.3 cm³/mol. The lowest BCUT2D eigenvalue weighted by molar-refractivity contribution is 0.111. The molecule has 0 saturated carbocycles. The molecule has 17 heavy (non-hydrogen) atoms. The number of rotatable bonds is 4. The molecule has 1 N–H and O–H groups in total. The van der Waals surface area contributed by atoms with Crippen LogP contribution in [0.3, 0.4) is 0 Å². The lowest BCUT2D eigenvalue weighted by atomic mass is 10.0. The average molecular weight is 232 g/mol. The van der Waals surface area contributed by atoms with E-state index >= 15 is 0 Å². The molecule has 1 heterocycles. The maximum Gasteiger partial charge on any atom is 0.0221 e. The second kappa shape index (κ2) is 6.18. The first-order valence-corrected chi connectivity index (χ1v) is 6.81. The summed E-state index contributed by atoms with van der Waals surface area (Å²) in [5, 5.41) is 3.49. The Labute approximate surface area is 105 Å². The standard InChI is InChI=1S/C15H24N2/c1-3-15-12-16-9-10-17(15)13(2)11-14-7-5-4-6-8-14/h4-8,13,15-16H,3,9-12H2,1-2H3. The summed E-state index contributed by atoms with van der Waals surface area (Å²) in [5.74, 6) is 0. The third-order valence-corrected chi connectivity index (χ3v) is 3.81. The Morgan fingerprint density at radius 3 is 2.82 bits per heavy atom. The Kier molecular flexibility index (Phi) is 4.57. The first-order chi connectivity index (χ1) is 8.31. The van der Waals surface area contributed by atoms with Crippen LogP contribution in [0, 0.1) is 0 Å². The van der Waals surface area contributed by atoms with Crippen LogP contribution in [0.5, 0.6) is 0 Å². The van der Waals surface area contributed by atoms with E-state index in [1.54, 1.807) is 0 Å². The van der Waals surface area contributed by atoms with E-state index in [1.807, 2.05) is 0 Å². The molecular weight excluding hydrogens is 208 g/mol. The van der Waals surface area contributed by atoms with E-state index in [9.17, 15) is 0 Å². The van der Waals surface area contributed by atoms with Crippen molar-refractivity contribution in [3.8, 4) is 0 Å². The van der Waals surface area contributed by atoms with Crippen molar-refractivity contribution in [1.29, 1.82) is 0 Å². The molecule has 2 atom stereocenters. The number of nitrogens with one attached hydrogen (secondary N) is 1. The van der Waals surface area contributed by atoms with Gasteiger partial charge >= 0.3 is 0 Å². The SMILES string of the molecule is CCC1CNCCN1C(C)Cc1ccccc1. The summed E-state index contributed by atoms with van der Waals surface area (Å²) in [4.78, 5) is 2.67. The Morgan fingerprint density at radius 2 is 2.12 bits per heavy atom. The van der Waals surface area contributed by atoms with E-state index in [-0.39, 0.29) is 0 Å². The molecule has 94 valence electrons. The number of hydrogen-bond acceptors (Lipinski definition) is 2. The first-order valence-electron chi connectivity index (χ1n) is 6.81. The van der Waals surface area contributed by atoms with Crippen LogP contribution in [-0.2, 0) is 6.42 Å². The monoisotopic (exact) mass is 232 g/mol. The highest BCUT2D eigenvalue weighted by atomic mass is 15.2. The van der Waals surface area contributed by atoms with Gasteiger partial charge in [0.2, 0.25) is 0 Å². The molecule has 2 unspecified atom stereocenters. The molecule has 2 heteroatoms. The summed E-state index contributed by atoms with van der Waals surface area (Å²) in [7, 11) is 0. The second-order valence-electron chi connectivity index (χ2n) is 5.04. The van der Waals surface area contributed by atoms with E-state index < -0.39 is 0 Å². The molecule has 1 fully saturated rings. The molecule has 0 aliphatic carbocycles. The van der Waals surface area contributed by atoms with Gasteiger partial charge in [-0.3, -0.25) is 4.90 Å². The first kappa shape index (κ1) is 12.6. The largest absolute Gasteiger partial charge is 0.314 e. The fraction of sp³-hybridized carbons (Fsp3) is 0.600. The van der Waals surface area contributed by atoms with Gasteiger partial charge in [0.15, 0.2) is 0 Å². The summed E-state index contributed by atoms with van der Waals surface area (Å²) in [6.45, 7) is 8.12. The molecule has 1 saturated heterocycles. The molecule has 0 aromatic heterocycles. The van der Waals surface area contributed by atoms with Gasteiger partial charge in [0.1, 0.15) is 0 Å². The van der Waals surface area contributed by atoms with Crippen molar-refractivity contribution >= 4 is 0 Å². The topological polar surface area (TPSA) is 15.3 Å². The van der Waals surface area contributed by atoms with Gasteiger partial charge in [0, 0.05) is 31.7 Å². The molecule has 1 aromatic rings. The fourth-order valence-electron chi connectivity index (χ4n) is 2.81. The number of hydrogen-bond donors (Lipinski definition) is 1. The molecule has 1 aliphatic heterocycles. The summed E-state index contributed by atoms with van der Waals surface area (Å²) in [6.07, 6.45) is 2.41. The van der Waals surface area contributed by atoms with Gasteiger partial charge in [-0.05, 0) is 25.3 Å². The highest BCUT2D eigenvalue weighted by Crippen LogP contribution is 2.15. The molecule has 1 aliphatic rings. The maximum absolute atomic E-state index is 3.49. The number of piperazine rings is 1. The average Bonchev–Trinajstić information content (AvgIpc) is 2.40. The predicted octanol–water partition coefficient (Wildman–Crippen LogP) is 2.30. The summed E-state index contributed by atoms with van der Waals surface area (Å²) < 4.78 is 0. The van der Waals surface area contributed by atoms with Crippen LogP contribution >= 0.6 is 0 Å². The van der Waals surface area contributed by atoms with Gasteiger partial charge in [-0.1, -0.05) is 37.3 Å². The van der Waals surface area contributed by atoms with E-state index in [4.69, 9.17) is 0 Å². The van der Waals surface area contributed by atoms with Crippen LogP contribution in [0.25, 0.3) is 0 Å². The van der Waals surface area contributed by atoms with E-state index in [0.717, 1.165) is 19.5 Å². The maximum atomic E-state index is 3.49. The van der Waals surface area contributed by atoms with Crippen LogP contribution in [0.2, 0.25) is 0 Å². The lowest BCUT2D eigenvalue weighted by Gasteiger charge is -2.40. The number of nitrogens with zero attached hydrogens (tertiary/aromatic N) is 1. The molecular formula is C15H24N2. The van der Waals surface area contributed by atoms with Crippen molar-refractivity contribution in [1.82, 2.24) is 10.2 Å². The van der Waals surface area contributed by atoms with Crippen molar-refractivity contribution in [2.75, 3.05) is 19.6 Å². The summed E-state index contributed by atoms with van der Waals surface area (Å²) >= 11 is 0. The third kappa shape index (κ3) is 3.30. The molecule has 0 bridgehead atoms. The normalized spacial score (nSPS) is 23.5. The Morgan fingerprint density at radius 1 is 1.35 bits per heavy atom. The van der Waals surface area contributed by atoms with Gasteiger partial charge in [-0.15, -0.1) is 0 Å². The zero-order valence-corrected chi connectivity index (χ0v) is 11.0. The van der Waals surface area contributed by atoms with Gasteiger partial charge in [0.05, 0.1) is 0 Å². The molecule has 0 amide bonds. The second-order valence-corrected chi connectivity index (χ2v) is 5.04. The van der Waals surface area contributed by atoms with Crippen LogP contribution in [0.1, 0.15) is 25.8 Å². The Hall–Kier alpha value is -0.860. The Bertz CT molecular complexity index is 323. The van der Waals surface area contributed by atoms with Gasteiger partial charge < -0.3 is 5.32 Å². The van der Waals surface area contributed by atoms with Gasteiger partial charge in [-0.25, -0.2) is 0 Å². The fourth-order valence-corrected chi connectivity index (χ4v) is 2.81. The van der Waals surface area contributed by atoms with Crippen molar-refractivity contribution in [2.24, 2.45) is 0 Å². The minimum atomic E-state index is 0.643. The van der Waals surface area contributed by atoms with Gasteiger partial charge in [0.25, 0.3) is 0 Å². The highest BCUT2D eigenvalue weighted by molar-refractivity contribution is 5.15.